The number of rotatable bonds is 9. The van der Waals surface area contributed by atoms with Gasteiger partial charge in [-0.1, -0.05) is 78.9 Å². The summed E-state index contributed by atoms with van der Waals surface area (Å²) in [5.41, 5.74) is 1.60. The minimum absolute atomic E-state index is 0.377. The Morgan fingerprint density at radius 3 is 1.66 bits per heavy atom. The molecule has 0 bridgehead atoms. The van der Waals surface area contributed by atoms with Crippen LogP contribution in [0.15, 0.2) is 115 Å². The third-order valence-electron chi connectivity index (χ3n) is 4.80. The smallest absolute Gasteiger partial charge is 0.415 e. The number of nitrogens with one attached hydrogen (secondary N) is 1. The van der Waals surface area contributed by atoms with E-state index in [1.165, 1.54) is 12.1 Å². The molecule has 1 N–H and O–H groups in total. The second-order valence-electron chi connectivity index (χ2n) is 7.17. The average molecular weight is 447 g/mol. The number of halogens is 1. The van der Waals surface area contributed by atoms with Gasteiger partial charge in [0.25, 0.3) is 0 Å². The van der Waals surface area contributed by atoms with Crippen molar-refractivity contribution in [2.45, 2.75) is 12.3 Å². The predicted octanol–water partition coefficient (Wildman–Crippen LogP) is 6.97. The Morgan fingerprint density at radius 1 is 0.688 bits per heavy atom. The van der Waals surface area contributed by atoms with Crippen LogP contribution in [0.3, 0.4) is 0 Å². The Labute approximate surface area is 187 Å². The second kappa shape index (κ2) is 10.3. The van der Waals surface area contributed by atoms with Gasteiger partial charge in [0.05, 0.1) is 0 Å². The van der Waals surface area contributed by atoms with Gasteiger partial charge in [-0.25, -0.2) is 8.96 Å². The first-order valence-electron chi connectivity index (χ1n) is 10.2. The molecule has 0 aliphatic rings. The summed E-state index contributed by atoms with van der Waals surface area (Å²) in [6.07, 6.45) is 0. The van der Waals surface area contributed by atoms with E-state index < -0.39 is 13.4 Å². The fourth-order valence-corrected chi connectivity index (χ4v) is 5.18. The van der Waals surface area contributed by atoms with Gasteiger partial charge in [0, 0.05) is 6.54 Å². The van der Waals surface area contributed by atoms with Gasteiger partial charge in [0.2, 0.25) is 0 Å². The number of benzene rings is 4. The molecule has 0 heterocycles. The molecule has 6 heteroatoms. The maximum atomic E-state index is 14.4. The Kier molecular flexibility index (Phi) is 7.00. The van der Waals surface area contributed by atoms with Crippen molar-refractivity contribution in [1.82, 2.24) is 5.32 Å². The first-order valence-corrected chi connectivity index (χ1v) is 11.9. The Bertz CT molecular complexity index is 1110. The van der Waals surface area contributed by atoms with Crippen molar-refractivity contribution >= 4 is 7.60 Å². The highest BCUT2D eigenvalue weighted by Crippen LogP contribution is 2.59. The Balaban J connectivity index is 1.73. The molecule has 4 rings (SSSR count). The van der Waals surface area contributed by atoms with Crippen molar-refractivity contribution in [1.29, 1.82) is 0 Å². The third-order valence-corrected chi connectivity index (χ3v) is 6.84. The number of hydrogen-bond donors (Lipinski definition) is 1. The topological polar surface area (TPSA) is 47.6 Å². The highest BCUT2D eigenvalue weighted by molar-refractivity contribution is 7.55. The van der Waals surface area contributed by atoms with Crippen molar-refractivity contribution in [2.75, 3.05) is 0 Å². The molecule has 0 saturated heterocycles. The van der Waals surface area contributed by atoms with Crippen LogP contribution in [0.4, 0.5) is 4.39 Å². The quantitative estimate of drug-likeness (QED) is 0.282. The van der Waals surface area contributed by atoms with Crippen LogP contribution >= 0.6 is 7.60 Å². The van der Waals surface area contributed by atoms with E-state index >= 15 is 0 Å². The van der Waals surface area contributed by atoms with Crippen LogP contribution in [-0.4, -0.2) is 0 Å². The van der Waals surface area contributed by atoms with Crippen LogP contribution in [0.25, 0.3) is 0 Å². The van der Waals surface area contributed by atoms with E-state index in [-0.39, 0.29) is 5.82 Å². The fourth-order valence-electron chi connectivity index (χ4n) is 3.25. The van der Waals surface area contributed by atoms with E-state index in [1.807, 2.05) is 42.5 Å². The second-order valence-corrected chi connectivity index (χ2v) is 9.13. The fraction of sp³-hybridized carbons (Fsp3) is 0.0769. The molecular weight excluding hydrogens is 424 g/mol. The van der Waals surface area contributed by atoms with Crippen molar-refractivity contribution in [3.8, 4) is 11.5 Å². The molecule has 0 radical (unpaired) electrons. The normalized spacial score (nSPS) is 12.2. The third kappa shape index (κ3) is 5.64. The lowest BCUT2D eigenvalue weighted by Crippen LogP contribution is -2.25. The Morgan fingerprint density at radius 2 is 1.16 bits per heavy atom. The van der Waals surface area contributed by atoms with Crippen molar-refractivity contribution in [2.24, 2.45) is 0 Å². The summed E-state index contributed by atoms with van der Waals surface area (Å²) in [4.78, 5) is 0. The molecule has 0 amide bonds. The van der Waals surface area contributed by atoms with Gasteiger partial charge in [-0.3, -0.25) is 5.32 Å². The van der Waals surface area contributed by atoms with Crippen LogP contribution < -0.4 is 14.4 Å². The summed E-state index contributed by atoms with van der Waals surface area (Å²) in [5.74, 6) is -0.386. The van der Waals surface area contributed by atoms with E-state index in [4.69, 9.17) is 9.05 Å². The molecule has 0 spiro atoms. The summed E-state index contributed by atoms with van der Waals surface area (Å²) in [7, 11) is -3.88. The van der Waals surface area contributed by atoms with Crippen molar-refractivity contribution in [3.63, 3.8) is 0 Å². The maximum absolute atomic E-state index is 14.4. The summed E-state index contributed by atoms with van der Waals surface area (Å²) in [6, 6.07) is 33.4. The first-order chi connectivity index (χ1) is 15.6. The summed E-state index contributed by atoms with van der Waals surface area (Å²) in [6.45, 7) is 0.420. The molecule has 4 nitrogen and oxygen atoms in total. The molecular formula is C26H23FNO3P. The predicted molar refractivity (Wildman–Crippen MR) is 124 cm³/mol. The van der Waals surface area contributed by atoms with E-state index in [1.54, 1.807) is 60.7 Å². The molecule has 4 aromatic rings. The van der Waals surface area contributed by atoms with E-state index in [0.29, 0.717) is 23.6 Å². The molecule has 0 aromatic heterocycles. The van der Waals surface area contributed by atoms with E-state index in [2.05, 4.69) is 5.32 Å². The summed E-state index contributed by atoms with van der Waals surface area (Å²) >= 11 is 0. The molecule has 0 aliphatic heterocycles. The lowest BCUT2D eigenvalue weighted by atomic mass is 10.2. The van der Waals surface area contributed by atoms with Crippen LogP contribution in [0.5, 0.6) is 11.5 Å². The maximum Gasteiger partial charge on any atom is 0.452 e. The summed E-state index contributed by atoms with van der Waals surface area (Å²) < 4.78 is 40.0. The SMILES string of the molecule is O=P(Oc1ccccc1)(Oc1ccccc1)C(NCc1ccccc1)c1ccc(F)cc1. The lowest BCUT2D eigenvalue weighted by molar-refractivity contribution is 0.360. The number of para-hydroxylation sites is 2. The molecule has 1 unspecified atom stereocenters. The summed E-state index contributed by atoms with van der Waals surface area (Å²) in [5, 5.41) is 3.32. The molecule has 0 aliphatic carbocycles. The van der Waals surface area contributed by atoms with Crippen LogP contribution in [0.1, 0.15) is 16.9 Å². The minimum atomic E-state index is -3.88. The van der Waals surface area contributed by atoms with Crippen molar-refractivity contribution in [3.05, 3.63) is 132 Å². The highest BCUT2D eigenvalue weighted by atomic mass is 31.2. The van der Waals surface area contributed by atoms with Gasteiger partial charge in [-0.15, -0.1) is 0 Å². The van der Waals surface area contributed by atoms with Crippen LogP contribution in [0.2, 0.25) is 0 Å². The molecule has 32 heavy (non-hydrogen) atoms. The number of hydrogen-bond acceptors (Lipinski definition) is 4. The zero-order valence-electron chi connectivity index (χ0n) is 17.3. The average Bonchev–Trinajstić information content (AvgIpc) is 2.82. The standard InChI is InChI=1S/C26H23FNO3P/c27-23-18-16-22(17-19-23)26(28-20-21-10-4-1-5-11-21)32(29,30-24-12-6-2-7-13-24)31-25-14-8-3-9-15-25/h1-19,26,28H,20H2. The zero-order valence-corrected chi connectivity index (χ0v) is 18.2. The van der Waals surface area contributed by atoms with Gasteiger partial charge < -0.3 is 9.05 Å². The zero-order chi connectivity index (χ0) is 22.2. The molecule has 0 fully saturated rings. The monoisotopic (exact) mass is 447 g/mol. The molecule has 0 saturated carbocycles. The van der Waals surface area contributed by atoms with E-state index in [9.17, 15) is 8.96 Å². The largest absolute Gasteiger partial charge is 0.452 e. The van der Waals surface area contributed by atoms with Crippen molar-refractivity contribution < 1.29 is 18.0 Å². The molecule has 4 aromatic carbocycles. The van der Waals surface area contributed by atoms with E-state index in [0.717, 1.165) is 5.56 Å². The van der Waals surface area contributed by atoms with Crippen LogP contribution in [-0.2, 0) is 11.1 Å². The lowest BCUT2D eigenvalue weighted by Gasteiger charge is -2.28. The van der Waals surface area contributed by atoms with Gasteiger partial charge in [-0.2, -0.15) is 0 Å². The molecule has 162 valence electrons. The van der Waals surface area contributed by atoms with Gasteiger partial charge >= 0.3 is 7.60 Å². The van der Waals surface area contributed by atoms with Gasteiger partial charge in [-0.05, 0) is 47.5 Å². The molecule has 1 atom stereocenters. The minimum Gasteiger partial charge on any atom is -0.415 e. The highest BCUT2D eigenvalue weighted by Gasteiger charge is 2.40. The van der Waals surface area contributed by atoms with Gasteiger partial charge in [0.15, 0.2) is 5.78 Å². The first kappa shape index (κ1) is 21.8. The van der Waals surface area contributed by atoms with Gasteiger partial charge in [0.1, 0.15) is 17.3 Å². The van der Waals surface area contributed by atoms with Crippen LogP contribution in [0, 0.1) is 5.82 Å². The Hall–Kier alpha value is -3.40.